The molecule has 0 bridgehead atoms. The van der Waals surface area contributed by atoms with Crippen LogP contribution in [0, 0.1) is 22.7 Å². The monoisotopic (exact) mass is 164 g/mol. The van der Waals surface area contributed by atoms with E-state index in [9.17, 15) is 4.79 Å². The van der Waals surface area contributed by atoms with E-state index < -0.39 is 0 Å². The van der Waals surface area contributed by atoms with Gasteiger partial charge in [0.25, 0.3) is 0 Å². The molecule has 12 heavy (non-hydrogen) atoms. The maximum atomic E-state index is 11.9. The number of Topliss-reactive ketones (excluding diaryl/α,β-unsaturated/α-hetero) is 1. The van der Waals surface area contributed by atoms with Gasteiger partial charge in [0.2, 0.25) is 0 Å². The number of allylic oxidation sites excluding steroid dienone is 2. The van der Waals surface area contributed by atoms with E-state index in [1.54, 1.807) is 0 Å². The summed E-state index contributed by atoms with van der Waals surface area (Å²) in [4.78, 5) is 11.9. The lowest BCUT2D eigenvalue weighted by Crippen LogP contribution is -2.27. The van der Waals surface area contributed by atoms with Gasteiger partial charge in [-0.05, 0) is 25.2 Å². The van der Waals surface area contributed by atoms with E-state index in [2.05, 4.69) is 26.0 Å². The normalized spacial score (nSPS) is 40.8. The van der Waals surface area contributed by atoms with Crippen LogP contribution in [0.15, 0.2) is 12.2 Å². The van der Waals surface area contributed by atoms with Crippen LogP contribution in [0.4, 0.5) is 0 Å². The van der Waals surface area contributed by atoms with Crippen LogP contribution in [-0.2, 0) is 4.79 Å². The van der Waals surface area contributed by atoms with Crippen LogP contribution < -0.4 is 0 Å². The molecular formula is C11H16O. The average Bonchev–Trinajstić information content (AvgIpc) is 2.46. The number of carbonyl (C=O) groups excluding carboxylic acids is 1. The first-order chi connectivity index (χ1) is 5.37. The molecule has 2 rings (SSSR count). The Kier molecular flexibility index (Phi) is 1.23. The third-order valence-electron chi connectivity index (χ3n) is 3.55. The third-order valence-corrected chi connectivity index (χ3v) is 3.55. The molecule has 0 heterocycles. The molecule has 2 atom stereocenters. The summed E-state index contributed by atoms with van der Waals surface area (Å²) in [7, 11) is 0. The fourth-order valence-corrected chi connectivity index (χ4v) is 2.36. The zero-order valence-corrected chi connectivity index (χ0v) is 8.22. The van der Waals surface area contributed by atoms with Gasteiger partial charge < -0.3 is 0 Å². The smallest absolute Gasteiger partial charge is 0.146 e. The Bertz CT molecular complexity index is 271. The number of ketones is 1. The van der Waals surface area contributed by atoms with Crippen molar-refractivity contribution >= 4 is 5.78 Å². The molecular weight excluding hydrogens is 148 g/mol. The van der Waals surface area contributed by atoms with Gasteiger partial charge in [0.1, 0.15) is 5.78 Å². The van der Waals surface area contributed by atoms with Gasteiger partial charge in [-0.3, -0.25) is 4.79 Å². The maximum Gasteiger partial charge on any atom is 0.146 e. The van der Waals surface area contributed by atoms with Crippen molar-refractivity contribution in [1.29, 1.82) is 0 Å². The Morgan fingerprint density at radius 1 is 1.25 bits per heavy atom. The predicted molar refractivity (Wildman–Crippen MR) is 48.7 cm³/mol. The molecule has 0 spiro atoms. The zero-order chi connectivity index (χ0) is 9.15. The van der Waals surface area contributed by atoms with E-state index in [0.717, 1.165) is 0 Å². The molecule has 0 saturated heterocycles. The second-order valence-corrected chi connectivity index (χ2v) is 5.27. The van der Waals surface area contributed by atoms with E-state index in [0.29, 0.717) is 17.6 Å². The fraction of sp³-hybridized carbons (Fsp3) is 0.727. The molecule has 0 aromatic rings. The summed E-state index contributed by atoms with van der Waals surface area (Å²) in [5.41, 5.74) is 0.0241. The number of fused-ring (bicyclic) bond motifs is 1. The largest absolute Gasteiger partial charge is 0.298 e. The lowest BCUT2D eigenvalue weighted by atomic mass is 9.81. The maximum absolute atomic E-state index is 11.9. The van der Waals surface area contributed by atoms with Crippen LogP contribution in [0.25, 0.3) is 0 Å². The highest BCUT2D eigenvalue weighted by Crippen LogP contribution is 2.63. The van der Waals surface area contributed by atoms with Crippen molar-refractivity contribution in [1.82, 2.24) is 0 Å². The van der Waals surface area contributed by atoms with Crippen LogP contribution in [-0.4, -0.2) is 5.78 Å². The standard InChI is InChI=1S/C11H16O/c1-10(2)6-5-7-8(9(10)12)11(7,3)4/h5-8H,1-4H3/t7-,8+/m0/s1. The van der Waals surface area contributed by atoms with Crippen molar-refractivity contribution in [3.05, 3.63) is 12.2 Å². The fourth-order valence-electron chi connectivity index (χ4n) is 2.36. The molecule has 66 valence electrons. The van der Waals surface area contributed by atoms with Gasteiger partial charge in [-0.25, -0.2) is 0 Å². The Balaban J connectivity index is 2.36. The summed E-state index contributed by atoms with van der Waals surface area (Å²) in [5, 5.41) is 0. The van der Waals surface area contributed by atoms with Crippen LogP contribution in [0.1, 0.15) is 27.7 Å². The summed E-state index contributed by atoms with van der Waals surface area (Å²) in [6.07, 6.45) is 4.30. The van der Waals surface area contributed by atoms with E-state index in [-0.39, 0.29) is 10.8 Å². The molecule has 0 amide bonds. The highest BCUT2D eigenvalue weighted by atomic mass is 16.1. The van der Waals surface area contributed by atoms with Gasteiger partial charge in [-0.1, -0.05) is 26.0 Å². The van der Waals surface area contributed by atoms with Crippen molar-refractivity contribution in [3.63, 3.8) is 0 Å². The molecule has 1 heteroatoms. The number of rotatable bonds is 0. The van der Waals surface area contributed by atoms with E-state index in [1.807, 2.05) is 13.8 Å². The Morgan fingerprint density at radius 3 is 2.33 bits per heavy atom. The van der Waals surface area contributed by atoms with Gasteiger partial charge in [0.15, 0.2) is 0 Å². The molecule has 2 aliphatic carbocycles. The molecule has 0 unspecified atom stereocenters. The van der Waals surface area contributed by atoms with Crippen molar-refractivity contribution in [2.45, 2.75) is 27.7 Å². The van der Waals surface area contributed by atoms with Gasteiger partial charge in [-0.2, -0.15) is 0 Å². The third kappa shape index (κ3) is 0.769. The van der Waals surface area contributed by atoms with Crippen LogP contribution in [0.5, 0.6) is 0 Å². The summed E-state index contributed by atoms with van der Waals surface area (Å²) in [5.74, 6) is 1.26. The molecule has 0 radical (unpaired) electrons. The Morgan fingerprint density at radius 2 is 1.83 bits per heavy atom. The second kappa shape index (κ2) is 1.84. The highest BCUT2D eigenvalue weighted by Gasteiger charge is 2.63. The number of hydrogen-bond acceptors (Lipinski definition) is 1. The lowest BCUT2D eigenvalue weighted by Gasteiger charge is -2.21. The van der Waals surface area contributed by atoms with Gasteiger partial charge in [0, 0.05) is 11.3 Å². The average molecular weight is 164 g/mol. The summed E-state index contributed by atoms with van der Waals surface area (Å²) in [6.45, 7) is 8.39. The number of hydrogen-bond donors (Lipinski definition) is 0. The van der Waals surface area contributed by atoms with Crippen molar-refractivity contribution in [2.75, 3.05) is 0 Å². The summed E-state index contributed by atoms with van der Waals surface area (Å²) < 4.78 is 0. The van der Waals surface area contributed by atoms with Gasteiger partial charge in [0.05, 0.1) is 0 Å². The summed E-state index contributed by atoms with van der Waals surface area (Å²) >= 11 is 0. The number of carbonyl (C=O) groups is 1. The second-order valence-electron chi connectivity index (χ2n) is 5.27. The first kappa shape index (κ1) is 8.03. The summed E-state index contributed by atoms with van der Waals surface area (Å²) in [6, 6.07) is 0. The van der Waals surface area contributed by atoms with Gasteiger partial charge in [-0.15, -0.1) is 0 Å². The minimum atomic E-state index is -0.213. The van der Waals surface area contributed by atoms with Crippen LogP contribution in [0.3, 0.4) is 0 Å². The molecule has 0 aromatic heterocycles. The SMILES string of the molecule is CC1(C)C=C[C@H]2[C@H](C1=O)C2(C)C. The van der Waals surface area contributed by atoms with Crippen molar-refractivity contribution < 1.29 is 4.79 Å². The lowest BCUT2D eigenvalue weighted by molar-refractivity contribution is -0.127. The molecule has 1 nitrogen and oxygen atoms in total. The van der Waals surface area contributed by atoms with E-state index >= 15 is 0 Å². The van der Waals surface area contributed by atoms with Crippen LogP contribution in [0.2, 0.25) is 0 Å². The van der Waals surface area contributed by atoms with E-state index in [1.165, 1.54) is 0 Å². The first-order valence-electron chi connectivity index (χ1n) is 4.61. The van der Waals surface area contributed by atoms with Crippen LogP contribution >= 0.6 is 0 Å². The quantitative estimate of drug-likeness (QED) is 0.502. The van der Waals surface area contributed by atoms with E-state index in [4.69, 9.17) is 0 Å². The minimum absolute atomic E-state index is 0.213. The molecule has 0 aliphatic heterocycles. The predicted octanol–water partition coefficient (Wildman–Crippen LogP) is 2.42. The first-order valence-corrected chi connectivity index (χ1v) is 4.61. The topological polar surface area (TPSA) is 17.1 Å². The van der Waals surface area contributed by atoms with Crippen molar-refractivity contribution in [3.8, 4) is 0 Å². The molecule has 1 fully saturated rings. The minimum Gasteiger partial charge on any atom is -0.298 e. The molecule has 1 saturated carbocycles. The zero-order valence-electron chi connectivity index (χ0n) is 8.22. The molecule has 0 aromatic carbocycles. The van der Waals surface area contributed by atoms with Gasteiger partial charge >= 0.3 is 0 Å². The molecule has 0 N–H and O–H groups in total. The Labute approximate surface area is 73.8 Å². The van der Waals surface area contributed by atoms with Crippen molar-refractivity contribution in [2.24, 2.45) is 22.7 Å². The Hall–Kier alpha value is -0.590. The molecule has 2 aliphatic rings. The highest BCUT2D eigenvalue weighted by molar-refractivity contribution is 5.93.